The molecule has 2 nitrogen and oxygen atoms in total. The zero-order valence-corrected chi connectivity index (χ0v) is 17.5. The number of hydrogen-bond acceptors (Lipinski definition) is 2. The quantitative estimate of drug-likeness (QED) is 0.653. The van der Waals surface area contributed by atoms with Crippen molar-refractivity contribution < 1.29 is 17.9 Å². The molecule has 4 bridgehead atoms. The molecule has 1 aromatic rings. The van der Waals surface area contributed by atoms with Crippen LogP contribution in [0.4, 0.5) is 5.69 Å². The third-order valence-corrected chi connectivity index (χ3v) is 8.40. The predicted molar refractivity (Wildman–Crippen MR) is 101 cm³/mol. The van der Waals surface area contributed by atoms with Crippen LogP contribution in [0, 0.1) is 38.5 Å². The van der Waals surface area contributed by atoms with Gasteiger partial charge < -0.3 is 0 Å². The summed E-state index contributed by atoms with van der Waals surface area (Å²) in [4.78, 5) is 5.42. The number of hydrogen-bond donors (Lipinski definition) is 0. The number of nitrogens with zero attached hydrogens (tertiary/aromatic N) is 2. The first-order valence-corrected chi connectivity index (χ1v) is 11.0. The maximum absolute atomic E-state index is 3.01. The number of benzene rings is 1. The van der Waals surface area contributed by atoms with Gasteiger partial charge in [-0.1, -0.05) is 0 Å². The second kappa shape index (κ2) is 5.73. The SMILES string of the molecule is Cc1cc(C)c(N2CCN(C34CC5CC(CC(C5)C3)C4)[C]2=[Ru+])c(C)c1. The number of anilines is 1. The van der Waals surface area contributed by atoms with Gasteiger partial charge >= 0.3 is 162 Å². The van der Waals surface area contributed by atoms with E-state index in [1.807, 2.05) is 0 Å². The molecule has 0 atom stereocenters. The Bertz CT molecular complexity index is 679. The van der Waals surface area contributed by atoms with Gasteiger partial charge in [0.2, 0.25) is 0 Å². The minimum atomic E-state index is 0.483. The molecule has 0 amide bonds. The molecule has 1 heterocycles. The first-order chi connectivity index (χ1) is 11.9. The van der Waals surface area contributed by atoms with Crippen LogP contribution >= 0.6 is 0 Å². The van der Waals surface area contributed by atoms with Crippen molar-refractivity contribution >= 4 is 10.0 Å². The number of aryl methyl sites for hydroxylation is 3. The topological polar surface area (TPSA) is 6.48 Å². The Labute approximate surface area is 162 Å². The standard InChI is InChI=1S/C22H30N2.Ru/c1-15-6-16(2)21(17(3)7-15)23-4-5-24(14-23)22-11-18-8-19(12-22)10-20(9-18)13-22;/h6-7,18-20H,4-5,8-13H2,1-3H3;/q;+1. The van der Waals surface area contributed by atoms with Crippen molar-refractivity contribution in [2.24, 2.45) is 17.8 Å². The fraction of sp³-hybridized carbons (Fsp3) is 0.682. The average Bonchev–Trinajstić information content (AvgIpc) is 2.87. The summed E-state index contributed by atoms with van der Waals surface area (Å²) < 4.78 is 1.46. The molecule has 4 aliphatic carbocycles. The summed E-state index contributed by atoms with van der Waals surface area (Å²) in [7, 11) is 0. The monoisotopic (exact) mass is 424 g/mol. The Balaban J connectivity index is 1.46. The molecule has 4 saturated carbocycles. The third-order valence-electron chi connectivity index (χ3n) is 7.46. The van der Waals surface area contributed by atoms with Crippen molar-refractivity contribution in [2.75, 3.05) is 18.0 Å². The molecular formula is C22H30N2Ru+. The Morgan fingerprint density at radius 3 is 1.92 bits per heavy atom. The number of rotatable bonds is 2. The Kier molecular flexibility index (Phi) is 3.81. The fourth-order valence-corrected chi connectivity index (χ4v) is 8.14. The van der Waals surface area contributed by atoms with E-state index in [1.165, 1.54) is 71.8 Å². The summed E-state index contributed by atoms with van der Waals surface area (Å²) in [6.45, 7) is 9.13. The van der Waals surface area contributed by atoms with Crippen LogP contribution in [0.5, 0.6) is 0 Å². The van der Waals surface area contributed by atoms with Crippen LogP contribution in [0.1, 0.15) is 55.2 Å². The maximum atomic E-state index is 3.01. The van der Waals surface area contributed by atoms with Crippen LogP contribution in [0.25, 0.3) is 0 Å². The molecule has 0 unspecified atom stereocenters. The van der Waals surface area contributed by atoms with E-state index in [-0.39, 0.29) is 0 Å². The van der Waals surface area contributed by atoms with Crippen LogP contribution in [-0.4, -0.2) is 27.9 Å². The van der Waals surface area contributed by atoms with Crippen molar-refractivity contribution in [1.29, 1.82) is 0 Å². The Morgan fingerprint density at radius 2 is 1.40 bits per heavy atom. The molecule has 3 heteroatoms. The van der Waals surface area contributed by atoms with Crippen LogP contribution in [0.15, 0.2) is 12.1 Å². The normalized spacial score (nSPS) is 37.3. The summed E-state index contributed by atoms with van der Waals surface area (Å²) in [5.41, 5.74) is 6.16. The van der Waals surface area contributed by atoms with E-state index in [9.17, 15) is 0 Å². The van der Waals surface area contributed by atoms with Gasteiger partial charge in [-0.3, -0.25) is 0 Å². The van der Waals surface area contributed by atoms with Gasteiger partial charge in [0.25, 0.3) is 0 Å². The van der Waals surface area contributed by atoms with E-state index in [0.29, 0.717) is 5.54 Å². The zero-order valence-electron chi connectivity index (χ0n) is 15.8. The molecule has 1 aromatic carbocycles. The van der Waals surface area contributed by atoms with Gasteiger partial charge in [0, 0.05) is 0 Å². The van der Waals surface area contributed by atoms with Gasteiger partial charge in [-0.2, -0.15) is 0 Å². The molecular weight excluding hydrogens is 393 g/mol. The van der Waals surface area contributed by atoms with Gasteiger partial charge in [-0.05, 0) is 0 Å². The Hall–Kier alpha value is -0.527. The van der Waals surface area contributed by atoms with Gasteiger partial charge in [-0.15, -0.1) is 0 Å². The second-order valence-corrected chi connectivity index (χ2v) is 10.2. The van der Waals surface area contributed by atoms with Gasteiger partial charge in [0.15, 0.2) is 0 Å². The fourth-order valence-electron chi connectivity index (χ4n) is 7.15. The first kappa shape index (κ1) is 16.6. The Morgan fingerprint density at radius 1 is 0.880 bits per heavy atom. The summed E-state index contributed by atoms with van der Waals surface area (Å²) in [6, 6.07) is 4.68. The van der Waals surface area contributed by atoms with Crippen LogP contribution in [0.3, 0.4) is 0 Å². The van der Waals surface area contributed by atoms with Crippen molar-refractivity contribution in [3.8, 4) is 0 Å². The molecule has 5 fully saturated rings. The molecule has 135 valence electrons. The summed E-state index contributed by atoms with van der Waals surface area (Å²) in [5, 5.41) is 0. The summed E-state index contributed by atoms with van der Waals surface area (Å²) >= 11 is 3.01. The first-order valence-electron chi connectivity index (χ1n) is 10.1. The summed E-state index contributed by atoms with van der Waals surface area (Å²) in [6.07, 6.45) is 8.96. The van der Waals surface area contributed by atoms with E-state index in [4.69, 9.17) is 0 Å². The molecule has 1 aliphatic heterocycles. The van der Waals surface area contributed by atoms with Gasteiger partial charge in [-0.25, -0.2) is 0 Å². The molecule has 0 N–H and O–H groups in total. The molecule has 5 aliphatic rings. The molecule has 1 saturated heterocycles. The second-order valence-electron chi connectivity index (χ2n) is 9.45. The van der Waals surface area contributed by atoms with E-state index < -0.39 is 0 Å². The van der Waals surface area contributed by atoms with E-state index in [2.05, 4.69) is 60.6 Å². The third kappa shape index (κ3) is 2.52. The molecule has 0 aromatic heterocycles. The predicted octanol–water partition coefficient (Wildman–Crippen LogP) is 4.34. The molecule has 6 rings (SSSR count). The summed E-state index contributed by atoms with van der Waals surface area (Å²) in [5.74, 6) is 3.05. The van der Waals surface area contributed by atoms with Crippen LogP contribution < -0.4 is 4.90 Å². The van der Waals surface area contributed by atoms with Crippen molar-refractivity contribution in [2.45, 2.75) is 64.8 Å². The van der Waals surface area contributed by atoms with Gasteiger partial charge in [0.1, 0.15) is 0 Å². The molecule has 0 spiro atoms. The van der Waals surface area contributed by atoms with Gasteiger partial charge in [0.05, 0.1) is 0 Å². The van der Waals surface area contributed by atoms with Crippen LogP contribution in [0.2, 0.25) is 0 Å². The van der Waals surface area contributed by atoms with Crippen molar-refractivity contribution in [3.05, 3.63) is 28.8 Å². The average molecular weight is 424 g/mol. The minimum absolute atomic E-state index is 0.483. The van der Waals surface area contributed by atoms with Crippen LogP contribution in [-0.2, 0) is 17.9 Å². The molecule has 25 heavy (non-hydrogen) atoms. The van der Waals surface area contributed by atoms with Crippen molar-refractivity contribution in [1.82, 2.24) is 4.90 Å². The molecule has 0 radical (unpaired) electrons. The van der Waals surface area contributed by atoms with E-state index >= 15 is 0 Å². The van der Waals surface area contributed by atoms with E-state index in [1.54, 1.807) is 0 Å². The van der Waals surface area contributed by atoms with Crippen molar-refractivity contribution in [3.63, 3.8) is 0 Å². The van der Waals surface area contributed by atoms with E-state index in [0.717, 1.165) is 24.3 Å². The zero-order chi connectivity index (χ0) is 17.3.